The van der Waals surface area contributed by atoms with E-state index in [1.54, 1.807) is 6.07 Å². The molecule has 1 aromatic carbocycles. The Hall–Kier alpha value is -2.33. The zero-order chi connectivity index (χ0) is 18.8. The second kappa shape index (κ2) is 10.6. The second-order valence-corrected chi connectivity index (χ2v) is 7.99. The molecule has 6 nitrogen and oxygen atoms in total. The van der Waals surface area contributed by atoms with Crippen LogP contribution in [0.4, 0.5) is 10.5 Å². The average molecular weight is 375 g/mol. The van der Waals surface area contributed by atoms with Crippen LogP contribution in [0, 0.1) is 12.3 Å². The lowest BCUT2D eigenvalue weighted by Gasteiger charge is -2.21. The third-order valence-electron chi connectivity index (χ3n) is 4.21. The van der Waals surface area contributed by atoms with E-state index in [0.717, 1.165) is 31.2 Å². The lowest BCUT2D eigenvalue weighted by molar-refractivity contribution is -0.119. The third-order valence-corrected chi connectivity index (χ3v) is 6.05. The van der Waals surface area contributed by atoms with Crippen LogP contribution in [0.5, 0.6) is 0 Å². The molecule has 2 rings (SSSR count). The second-order valence-electron chi connectivity index (χ2n) is 6.27. The van der Waals surface area contributed by atoms with Crippen LogP contribution in [0.25, 0.3) is 0 Å². The molecular weight excluding hydrogens is 350 g/mol. The van der Waals surface area contributed by atoms with Gasteiger partial charge in [0.1, 0.15) is 0 Å². The van der Waals surface area contributed by atoms with Crippen LogP contribution in [0.3, 0.4) is 0 Å². The molecule has 1 aromatic rings. The molecule has 0 spiro atoms. The van der Waals surface area contributed by atoms with Gasteiger partial charge in [0, 0.05) is 27.5 Å². The minimum atomic E-state index is -0.889. The summed E-state index contributed by atoms with van der Waals surface area (Å²) >= 11 is 0. The number of terminal acetylenes is 1. The van der Waals surface area contributed by atoms with Crippen molar-refractivity contribution in [3.8, 4) is 12.3 Å². The number of nitrogens with one attached hydrogen (secondary N) is 3. The van der Waals surface area contributed by atoms with Gasteiger partial charge in [-0.1, -0.05) is 37.3 Å². The number of amides is 3. The van der Waals surface area contributed by atoms with E-state index in [1.165, 1.54) is 6.42 Å². The highest BCUT2D eigenvalue weighted by molar-refractivity contribution is 7.84. The van der Waals surface area contributed by atoms with Crippen LogP contribution in [-0.4, -0.2) is 34.5 Å². The molecule has 7 heteroatoms. The molecule has 0 radical (unpaired) electrons. The number of hydrogen-bond acceptors (Lipinski definition) is 3. The molecule has 3 amide bonds. The third kappa shape index (κ3) is 6.89. The Morgan fingerprint density at radius 2 is 1.96 bits per heavy atom. The molecule has 1 saturated carbocycles. The molecule has 140 valence electrons. The van der Waals surface area contributed by atoms with Gasteiger partial charge in [0.05, 0.1) is 13.1 Å². The fourth-order valence-electron chi connectivity index (χ4n) is 2.90. The lowest BCUT2D eigenvalue weighted by atomic mass is 10.0. The van der Waals surface area contributed by atoms with Crippen molar-refractivity contribution in [3.63, 3.8) is 0 Å². The van der Waals surface area contributed by atoms with Crippen molar-refractivity contribution in [2.24, 2.45) is 0 Å². The predicted molar refractivity (Wildman–Crippen MR) is 104 cm³/mol. The molecule has 1 atom stereocenters. The van der Waals surface area contributed by atoms with Gasteiger partial charge in [-0.15, -0.1) is 6.42 Å². The molecule has 0 unspecified atom stereocenters. The summed E-state index contributed by atoms with van der Waals surface area (Å²) in [4.78, 5) is 23.3. The molecule has 26 heavy (non-hydrogen) atoms. The molecule has 3 N–H and O–H groups in total. The van der Waals surface area contributed by atoms with E-state index >= 15 is 0 Å². The van der Waals surface area contributed by atoms with E-state index in [0.29, 0.717) is 11.4 Å². The van der Waals surface area contributed by atoms with Crippen molar-refractivity contribution in [3.05, 3.63) is 29.8 Å². The number of urea groups is 1. The Bertz CT molecular complexity index is 694. The van der Waals surface area contributed by atoms with Gasteiger partial charge >= 0.3 is 6.03 Å². The standard InChI is InChI=1S/C19H25N3O3S/c1-2-11-20-18(23)13-21-19(24)22-16-8-6-7-15(12-16)14-26(25)17-9-4-3-5-10-17/h1,6-8,12,17H,3-5,9-11,13-14H2,(H,20,23)(H2,21,22,24)/t26-/m1/s1. The summed E-state index contributed by atoms with van der Waals surface area (Å²) in [6.45, 7) is -0.0266. The van der Waals surface area contributed by atoms with E-state index in [4.69, 9.17) is 6.42 Å². The smallest absolute Gasteiger partial charge is 0.319 e. The topological polar surface area (TPSA) is 87.3 Å². The van der Waals surface area contributed by atoms with E-state index in [9.17, 15) is 13.8 Å². The van der Waals surface area contributed by atoms with E-state index in [-0.39, 0.29) is 24.2 Å². The molecule has 1 aliphatic rings. The fraction of sp³-hybridized carbons (Fsp3) is 0.474. The maximum Gasteiger partial charge on any atom is 0.319 e. The lowest BCUT2D eigenvalue weighted by Crippen LogP contribution is -2.39. The zero-order valence-corrected chi connectivity index (χ0v) is 15.6. The Balaban J connectivity index is 1.82. The van der Waals surface area contributed by atoms with Crippen LogP contribution >= 0.6 is 0 Å². The number of carbonyl (C=O) groups excluding carboxylic acids is 2. The summed E-state index contributed by atoms with van der Waals surface area (Å²) in [6, 6.07) is 6.83. The summed E-state index contributed by atoms with van der Waals surface area (Å²) in [5, 5.41) is 7.88. The van der Waals surface area contributed by atoms with E-state index in [2.05, 4.69) is 21.9 Å². The molecular formula is C19H25N3O3S. The van der Waals surface area contributed by atoms with E-state index in [1.807, 2.05) is 18.2 Å². The van der Waals surface area contributed by atoms with Crippen LogP contribution in [0.1, 0.15) is 37.7 Å². The first-order valence-electron chi connectivity index (χ1n) is 8.79. The zero-order valence-electron chi connectivity index (χ0n) is 14.8. The molecule has 0 heterocycles. The van der Waals surface area contributed by atoms with Crippen molar-refractivity contribution in [2.45, 2.75) is 43.1 Å². The van der Waals surface area contributed by atoms with Gasteiger partial charge < -0.3 is 16.0 Å². The van der Waals surface area contributed by atoms with Gasteiger partial charge in [-0.2, -0.15) is 0 Å². The Morgan fingerprint density at radius 3 is 2.69 bits per heavy atom. The van der Waals surface area contributed by atoms with Crippen molar-refractivity contribution >= 4 is 28.4 Å². The summed E-state index contributed by atoms with van der Waals surface area (Å²) in [5.41, 5.74) is 1.53. The minimum Gasteiger partial charge on any atom is -0.344 e. The first kappa shape index (κ1) is 20.0. The van der Waals surface area contributed by atoms with Gasteiger partial charge in [0.2, 0.25) is 5.91 Å². The van der Waals surface area contributed by atoms with Gasteiger partial charge in [-0.3, -0.25) is 9.00 Å². The normalized spacial score (nSPS) is 15.5. The van der Waals surface area contributed by atoms with Crippen LogP contribution < -0.4 is 16.0 Å². The summed E-state index contributed by atoms with van der Waals surface area (Å²) < 4.78 is 12.5. The Labute approximate surface area is 157 Å². The maximum atomic E-state index is 12.5. The molecule has 0 saturated heterocycles. The Morgan fingerprint density at radius 1 is 1.19 bits per heavy atom. The van der Waals surface area contributed by atoms with Crippen molar-refractivity contribution in [2.75, 3.05) is 18.4 Å². The molecule has 0 aliphatic heterocycles. The first-order chi connectivity index (χ1) is 12.6. The monoisotopic (exact) mass is 375 g/mol. The first-order valence-corrected chi connectivity index (χ1v) is 10.2. The predicted octanol–water partition coefficient (Wildman–Crippen LogP) is 2.14. The highest BCUT2D eigenvalue weighted by Gasteiger charge is 2.19. The molecule has 0 aromatic heterocycles. The Kier molecular flexibility index (Phi) is 8.16. The number of hydrogen-bond donors (Lipinski definition) is 3. The van der Waals surface area contributed by atoms with Gasteiger partial charge in [0.25, 0.3) is 0 Å². The molecule has 0 bridgehead atoms. The van der Waals surface area contributed by atoms with Crippen molar-refractivity contribution < 1.29 is 13.8 Å². The van der Waals surface area contributed by atoms with Gasteiger partial charge in [0.15, 0.2) is 0 Å². The largest absolute Gasteiger partial charge is 0.344 e. The van der Waals surface area contributed by atoms with Crippen LogP contribution in [0.2, 0.25) is 0 Å². The van der Waals surface area contributed by atoms with E-state index < -0.39 is 16.8 Å². The minimum absolute atomic E-state index is 0.127. The quantitative estimate of drug-likeness (QED) is 0.638. The van der Waals surface area contributed by atoms with Gasteiger partial charge in [-0.25, -0.2) is 4.79 Å². The molecule has 1 aliphatic carbocycles. The van der Waals surface area contributed by atoms with Crippen molar-refractivity contribution in [1.82, 2.24) is 10.6 Å². The highest BCUT2D eigenvalue weighted by atomic mass is 32.2. The van der Waals surface area contributed by atoms with Crippen LogP contribution in [-0.2, 0) is 21.3 Å². The SMILES string of the molecule is C#CCNC(=O)CNC(=O)Nc1cccc(C[S@@](=O)C2CCCCC2)c1. The summed E-state index contributed by atoms with van der Waals surface area (Å²) in [6.07, 6.45) is 10.7. The summed E-state index contributed by atoms with van der Waals surface area (Å²) in [7, 11) is -0.889. The highest BCUT2D eigenvalue weighted by Crippen LogP contribution is 2.24. The maximum absolute atomic E-state index is 12.5. The van der Waals surface area contributed by atoms with Gasteiger partial charge in [-0.05, 0) is 30.5 Å². The average Bonchev–Trinajstić information content (AvgIpc) is 2.65. The molecule has 1 fully saturated rings. The fourth-order valence-corrected chi connectivity index (χ4v) is 4.50. The van der Waals surface area contributed by atoms with Crippen LogP contribution in [0.15, 0.2) is 24.3 Å². The number of carbonyl (C=O) groups is 2. The number of anilines is 1. The number of rotatable bonds is 7. The summed E-state index contributed by atoms with van der Waals surface area (Å²) in [5.74, 6) is 2.43. The number of benzene rings is 1. The van der Waals surface area contributed by atoms with Crippen molar-refractivity contribution in [1.29, 1.82) is 0 Å².